The quantitative estimate of drug-likeness (QED) is 0.809. The maximum atomic E-state index is 12.2. The second kappa shape index (κ2) is 7.25. The van der Waals surface area contributed by atoms with Gasteiger partial charge in [-0.25, -0.2) is 8.42 Å². The van der Waals surface area contributed by atoms with E-state index in [1.165, 1.54) is 19.2 Å². The first-order chi connectivity index (χ1) is 9.41. The fourth-order valence-electron chi connectivity index (χ4n) is 1.59. The molecule has 0 fully saturated rings. The molecule has 112 valence electrons. The fourth-order valence-corrected chi connectivity index (χ4v) is 2.72. The molecule has 0 aliphatic rings. The Kier molecular flexibility index (Phi) is 5.97. The maximum absolute atomic E-state index is 12.2. The number of likely N-dealkylation sites (N-methyl/N-ethyl adjacent to an activating group) is 2. The average molecular weight is 300 g/mol. The van der Waals surface area contributed by atoms with Crippen LogP contribution in [0.3, 0.4) is 0 Å². The Morgan fingerprint density at radius 3 is 2.35 bits per heavy atom. The molecule has 0 atom stereocenters. The predicted octanol–water partition coefficient (Wildman–Crippen LogP) is 0.842. The number of carbonyl (C=O) groups is 1. The van der Waals surface area contributed by atoms with Crippen molar-refractivity contribution in [2.45, 2.75) is 18.7 Å². The van der Waals surface area contributed by atoms with Crippen LogP contribution < -0.4 is 10.1 Å². The Morgan fingerprint density at radius 1 is 1.25 bits per heavy atom. The van der Waals surface area contributed by atoms with E-state index in [1.807, 2.05) is 6.92 Å². The fraction of sp³-hybridized carbons (Fsp3) is 0.462. The minimum atomic E-state index is -3.67. The minimum absolute atomic E-state index is 0.132. The van der Waals surface area contributed by atoms with Crippen LogP contribution in [0.2, 0.25) is 0 Å². The Morgan fingerprint density at radius 2 is 1.85 bits per heavy atom. The molecule has 0 radical (unpaired) electrons. The first kappa shape index (κ1) is 16.5. The van der Waals surface area contributed by atoms with Crippen LogP contribution in [0, 0.1) is 0 Å². The van der Waals surface area contributed by atoms with E-state index >= 15 is 0 Å². The largest absolute Gasteiger partial charge is 0.494 e. The summed E-state index contributed by atoms with van der Waals surface area (Å²) in [5.74, 6) is 0.280. The van der Waals surface area contributed by atoms with Gasteiger partial charge in [-0.05, 0) is 38.1 Å². The summed E-state index contributed by atoms with van der Waals surface area (Å²) in [4.78, 5) is 11.6. The van der Waals surface area contributed by atoms with Crippen LogP contribution in [0.4, 0.5) is 0 Å². The van der Waals surface area contributed by atoms with Gasteiger partial charge in [0.1, 0.15) is 5.75 Å². The molecule has 0 spiro atoms. The van der Waals surface area contributed by atoms with Crippen molar-refractivity contribution in [1.82, 2.24) is 9.62 Å². The molecule has 20 heavy (non-hydrogen) atoms. The number of hydrogen-bond acceptors (Lipinski definition) is 4. The summed E-state index contributed by atoms with van der Waals surface area (Å²) in [7, 11) is -2.29. The van der Waals surface area contributed by atoms with E-state index in [0.717, 1.165) is 4.31 Å². The van der Waals surface area contributed by atoms with Gasteiger partial charge in [-0.15, -0.1) is 0 Å². The second-order valence-electron chi connectivity index (χ2n) is 4.12. The number of carbonyl (C=O) groups excluding carboxylic acids is 1. The summed E-state index contributed by atoms with van der Waals surface area (Å²) in [5.41, 5.74) is 0. The van der Waals surface area contributed by atoms with Crippen molar-refractivity contribution in [3.05, 3.63) is 24.3 Å². The normalized spacial score (nSPS) is 11.4. The van der Waals surface area contributed by atoms with Gasteiger partial charge in [-0.2, -0.15) is 4.31 Å². The molecule has 0 bridgehead atoms. The lowest BCUT2D eigenvalue weighted by Gasteiger charge is -2.16. The molecule has 0 heterocycles. The summed E-state index contributed by atoms with van der Waals surface area (Å²) < 4.78 is 30.8. The minimum Gasteiger partial charge on any atom is -0.494 e. The van der Waals surface area contributed by atoms with Crippen molar-refractivity contribution in [1.29, 1.82) is 0 Å². The van der Waals surface area contributed by atoms with Gasteiger partial charge in [-0.3, -0.25) is 4.79 Å². The molecule has 0 aliphatic heterocycles. The summed E-state index contributed by atoms with van der Waals surface area (Å²) in [6.45, 7) is 4.41. The number of nitrogens with one attached hydrogen (secondary N) is 1. The van der Waals surface area contributed by atoms with Crippen molar-refractivity contribution >= 4 is 15.9 Å². The summed E-state index contributed by atoms with van der Waals surface area (Å²) >= 11 is 0. The topological polar surface area (TPSA) is 75.7 Å². The number of nitrogens with zero attached hydrogens (tertiary/aromatic N) is 1. The molecule has 1 aromatic carbocycles. The molecule has 6 nitrogen and oxygen atoms in total. The molecule has 1 amide bonds. The van der Waals surface area contributed by atoms with Gasteiger partial charge >= 0.3 is 0 Å². The molecular formula is C13H20N2O4S. The highest BCUT2D eigenvalue weighted by Crippen LogP contribution is 2.18. The van der Waals surface area contributed by atoms with Gasteiger partial charge in [0.2, 0.25) is 15.9 Å². The molecule has 0 aliphatic carbocycles. The van der Waals surface area contributed by atoms with E-state index in [1.54, 1.807) is 19.1 Å². The van der Waals surface area contributed by atoms with Crippen LogP contribution in [0.5, 0.6) is 5.75 Å². The van der Waals surface area contributed by atoms with E-state index in [9.17, 15) is 13.2 Å². The van der Waals surface area contributed by atoms with Crippen molar-refractivity contribution < 1.29 is 17.9 Å². The number of ether oxygens (including phenoxy) is 1. The van der Waals surface area contributed by atoms with Crippen LogP contribution in [0.25, 0.3) is 0 Å². The summed E-state index contributed by atoms with van der Waals surface area (Å²) in [6.07, 6.45) is 0. The van der Waals surface area contributed by atoms with Crippen LogP contribution in [-0.4, -0.2) is 45.4 Å². The molecule has 0 saturated heterocycles. The lowest BCUT2D eigenvalue weighted by atomic mass is 10.3. The Bertz CT molecular complexity index is 540. The molecule has 0 saturated carbocycles. The number of benzene rings is 1. The van der Waals surface area contributed by atoms with Gasteiger partial charge < -0.3 is 10.1 Å². The zero-order valence-electron chi connectivity index (χ0n) is 11.9. The van der Waals surface area contributed by atoms with Gasteiger partial charge in [0.05, 0.1) is 18.0 Å². The van der Waals surface area contributed by atoms with Crippen molar-refractivity contribution in [3.63, 3.8) is 0 Å². The number of rotatable bonds is 7. The van der Waals surface area contributed by atoms with E-state index in [-0.39, 0.29) is 17.3 Å². The molecule has 1 N–H and O–H groups in total. The van der Waals surface area contributed by atoms with Crippen LogP contribution >= 0.6 is 0 Å². The van der Waals surface area contributed by atoms with Crippen molar-refractivity contribution in [2.24, 2.45) is 0 Å². The highest BCUT2D eigenvalue weighted by atomic mass is 32.2. The van der Waals surface area contributed by atoms with Crippen LogP contribution in [0.1, 0.15) is 13.8 Å². The van der Waals surface area contributed by atoms with Gasteiger partial charge in [0.15, 0.2) is 0 Å². The van der Waals surface area contributed by atoms with Gasteiger partial charge in [0, 0.05) is 13.6 Å². The van der Waals surface area contributed by atoms with Gasteiger partial charge in [0.25, 0.3) is 0 Å². The smallest absolute Gasteiger partial charge is 0.243 e. The highest BCUT2D eigenvalue weighted by molar-refractivity contribution is 7.89. The predicted molar refractivity (Wildman–Crippen MR) is 76.1 cm³/mol. The SMILES string of the molecule is CCNC(=O)CN(C)S(=O)(=O)c1ccc(OCC)cc1. The molecule has 0 aromatic heterocycles. The van der Waals surface area contributed by atoms with Crippen molar-refractivity contribution in [2.75, 3.05) is 26.7 Å². The highest BCUT2D eigenvalue weighted by Gasteiger charge is 2.22. The monoisotopic (exact) mass is 300 g/mol. The molecule has 1 aromatic rings. The van der Waals surface area contributed by atoms with Crippen LogP contribution in [0.15, 0.2) is 29.2 Å². The van der Waals surface area contributed by atoms with E-state index in [4.69, 9.17) is 4.74 Å². The zero-order chi connectivity index (χ0) is 15.2. The van der Waals surface area contributed by atoms with Crippen LogP contribution in [-0.2, 0) is 14.8 Å². The van der Waals surface area contributed by atoms with E-state index < -0.39 is 10.0 Å². The number of sulfonamides is 1. The third-order valence-electron chi connectivity index (χ3n) is 2.58. The van der Waals surface area contributed by atoms with E-state index in [2.05, 4.69) is 5.32 Å². The molecule has 0 unspecified atom stereocenters. The molecule has 1 rings (SSSR count). The number of hydrogen-bond donors (Lipinski definition) is 1. The Balaban J connectivity index is 2.84. The first-order valence-electron chi connectivity index (χ1n) is 6.37. The molecule has 7 heteroatoms. The Hall–Kier alpha value is -1.60. The maximum Gasteiger partial charge on any atom is 0.243 e. The Labute approximate surface area is 119 Å². The summed E-state index contributed by atoms with van der Waals surface area (Å²) in [5, 5.41) is 2.56. The van der Waals surface area contributed by atoms with E-state index in [0.29, 0.717) is 18.9 Å². The average Bonchev–Trinajstić information content (AvgIpc) is 2.40. The second-order valence-corrected chi connectivity index (χ2v) is 6.16. The number of amides is 1. The third-order valence-corrected chi connectivity index (χ3v) is 4.40. The lowest BCUT2D eigenvalue weighted by Crippen LogP contribution is -2.38. The zero-order valence-corrected chi connectivity index (χ0v) is 12.7. The third kappa shape index (κ3) is 4.21. The lowest BCUT2D eigenvalue weighted by molar-refractivity contribution is -0.121. The van der Waals surface area contributed by atoms with Crippen molar-refractivity contribution in [3.8, 4) is 5.75 Å². The summed E-state index contributed by atoms with van der Waals surface area (Å²) in [6, 6.07) is 6.12. The first-order valence-corrected chi connectivity index (χ1v) is 7.81. The molecular weight excluding hydrogens is 280 g/mol. The van der Waals surface area contributed by atoms with Gasteiger partial charge in [-0.1, -0.05) is 0 Å². The standard InChI is InChI=1S/C13H20N2O4S/c1-4-14-13(16)10-15(3)20(17,18)12-8-6-11(7-9-12)19-5-2/h6-9H,4-5,10H2,1-3H3,(H,14,16).